The number of nitrogens with one attached hydrogen (secondary N) is 1. The molecular weight excluding hydrogens is 280 g/mol. The van der Waals surface area contributed by atoms with Crippen LogP contribution in [0.25, 0.3) is 11.1 Å². The summed E-state index contributed by atoms with van der Waals surface area (Å²) in [5, 5.41) is 4.77. The van der Waals surface area contributed by atoms with Crippen LogP contribution in [-0.2, 0) is 0 Å². The summed E-state index contributed by atoms with van der Waals surface area (Å²) in [4.78, 5) is 4.07. The topological polar surface area (TPSA) is 63.8 Å². The molecule has 3 rings (SSSR count). The van der Waals surface area contributed by atoms with Crippen LogP contribution in [0, 0.1) is 11.8 Å². The van der Waals surface area contributed by atoms with E-state index in [0.29, 0.717) is 11.9 Å². The van der Waals surface area contributed by atoms with Gasteiger partial charge >= 0.3 is 0 Å². The van der Waals surface area contributed by atoms with Crippen molar-refractivity contribution in [2.24, 2.45) is 11.8 Å². The van der Waals surface area contributed by atoms with Gasteiger partial charge in [0.15, 0.2) is 0 Å². The molecule has 2 heterocycles. The molecule has 5 heteroatoms. The fourth-order valence-electron chi connectivity index (χ4n) is 3.45. The third kappa shape index (κ3) is 3.18. The molecule has 1 fully saturated rings. The van der Waals surface area contributed by atoms with Crippen LogP contribution in [0.4, 0.5) is 10.8 Å². The van der Waals surface area contributed by atoms with Crippen LogP contribution >= 0.6 is 11.5 Å². The van der Waals surface area contributed by atoms with Crippen LogP contribution in [-0.4, -0.2) is 15.4 Å². The van der Waals surface area contributed by atoms with E-state index in [4.69, 9.17) is 5.73 Å². The van der Waals surface area contributed by atoms with Crippen molar-refractivity contribution in [3.8, 4) is 11.1 Å². The normalized spacial score (nSPS) is 25.7. The molecule has 1 aliphatic rings. The molecule has 3 N–H and O–H groups in total. The Hall–Kier alpha value is -1.62. The molecule has 0 amide bonds. The largest absolute Gasteiger partial charge is 0.382 e. The number of nitrogen functional groups attached to an aromatic ring is 1. The van der Waals surface area contributed by atoms with Gasteiger partial charge in [0.05, 0.1) is 5.56 Å². The molecule has 0 radical (unpaired) electrons. The van der Waals surface area contributed by atoms with Gasteiger partial charge in [-0.2, -0.15) is 4.37 Å². The standard InChI is InChI=1S/C16H22N4S/c1-10-7-11(2)9-13(8-10)19-16-14(15(17)20-21-16)12-3-5-18-6-4-12/h3-6,10-11,13,19H,7-9H2,1-2H3,(H2,17,20). The van der Waals surface area contributed by atoms with Gasteiger partial charge < -0.3 is 11.1 Å². The fourth-order valence-corrected chi connectivity index (χ4v) is 4.26. The Bertz CT molecular complexity index is 586. The molecule has 2 atom stereocenters. The second-order valence-electron chi connectivity index (χ2n) is 6.27. The maximum atomic E-state index is 6.07. The Morgan fingerprint density at radius 3 is 2.48 bits per heavy atom. The smallest absolute Gasteiger partial charge is 0.147 e. The van der Waals surface area contributed by atoms with E-state index in [1.54, 1.807) is 12.4 Å². The Balaban J connectivity index is 1.84. The lowest BCUT2D eigenvalue weighted by molar-refractivity contribution is 0.281. The van der Waals surface area contributed by atoms with Gasteiger partial charge in [0, 0.05) is 18.4 Å². The minimum atomic E-state index is 0.518. The van der Waals surface area contributed by atoms with Gasteiger partial charge in [-0.15, -0.1) is 0 Å². The summed E-state index contributed by atoms with van der Waals surface area (Å²) in [6.07, 6.45) is 7.36. The van der Waals surface area contributed by atoms with Crippen LogP contribution in [0.1, 0.15) is 33.1 Å². The van der Waals surface area contributed by atoms with E-state index in [1.165, 1.54) is 30.8 Å². The molecule has 21 heavy (non-hydrogen) atoms. The van der Waals surface area contributed by atoms with E-state index in [0.717, 1.165) is 28.0 Å². The van der Waals surface area contributed by atoms with E-state index in [1.807, 2.05) is 12.1 Å². The molecule has 0 aromatic carbocycles. The molecule has 2 aromatic heterocycles. The van der Waals surface area contributed by atoms with Crippen molar-refractivity contribution in [1.82, 2.24) is 9.36 Å². The van der Waals surface area contributed by atoms with Gasteiger partial charge in [0.25, 0.3) is 0 Å². The predicted molar refractivity (Wildman–Crippen MR) is 89.3 cm³/mol. The van der Waals surface area contributed by atoms with E-state index in [9.17, 15) is 0 Å². The second kappa shape index (κ2) is 6.02. The van der Waals surface area contributed by atoms with Crippen LogP contribution in [0.15, 0.2) is 24.5 Å². The van der Waals surface area contributed by atoms with Gasteiger partial charge in [-0.1, -0.05) is 13.8 Å². The number of nitrogens with zero attached hydrogens (tertiary/aromatic N) is 2. The molecule has 0 bridgehead atoms. The highest BCUT2D eigenvalue weighted by Gasteiger charge is 2.25. The van der Waals surface area contributed by atoms with Crippen molar-refractivity contribution in [2.75, 3.05) is 11.1 Å². The number of pyridine rings is 1. The Kier molecular flexibility index (Phi) is 4.10. The molecular formula is C16H22N4S. The summed E-state index contributed by atoms with van der Waals surface area (Å²) in [7, 11) is 0. The minimum absolute atomic E-state index is 0.518. The van der Waals surface area contributed by atoms with Gasteiger partial charge in [0.1, 0.15) is 10.8 Å². The molecule has 1 saturated carbocycles. The second-order valence-corrected chi connectivity index (χ2v) is 7.04. The Morgan fingerprint density at radius 1 is 1.14 bits per heavy atom. The van der Waals surface area contributed by atoms with E-state index in [-0.39, 0.29) is 0 Å². The first kappa shape index (κ1) is 14.3. The number of nitrogens with two attached hydrogens (primary N) is 1. The molecule has 2 unspecified atom stereocenters. The Labute approximate surface area is 130 Å². The van der Waals surface area contributed by atoms with Crippen molar-refractivity contribution in [2.45, 2.75) is 39.2 Å². The van der Waals surface area contributed by atoms with E-state index in [2.05, 4.69) is 28.5 Å². The lowest BCUT2D eigenvalue weighted by atomic mass is 9.80. The highest BCUT2D eigenvalue weighted by atomic mass is 32.1. The van der Waals surface area contributed by atoms with Crippen molar-refractivity contribution in [3.63, 3.8) is 0 Å². The van der Waals surface area contributed by atoms with Crippen molar-refractivity contribution in [1.29, 1.82) is 0 Å². The summed E-state index contributed by atoms with van der Waals surface area (Å²) >= 11 is 1.46. The molecule has 4 nitrogen and oxygen atoms in total. The quantitative estimate of drug-likeness (QED) is 0.898. The van der Waals surface area contributed by atoms with Gasteiger partial charge in [0.2, 0.25) is 0 Å². The number of hydrogen-bond donors (Lipinski definition) is 2. The van der Waals surface area contributed by atoms with Gasteiger partial charge in [-0.05, 0) is 60.3 Å². The highest BCUT2D eigenvalue weighted by Crippen LogP contribution is 2.39. The van der Waals surface area contributed by atoms with Crippen LogP contribution in [0.3, 0.4) is 0 Å². The monoisotopic (exact) mass is 302 g/mol. The van der Waals surface area contributed by atoms with Crippen LogP contribution in [0.5, 0.6) is 0 Å². The number of hydrogen-bond acceptors (Lipinski definition) is 5. The summed E-state index contributed by atoms with van der Waals surface area (Å²) in [5.41, 5.74) is 8.17. The third-order valence-electron chi connectivity index (χ3n) is 4.20. The average Bonchev–Trinajstić information content (AvgIpc) is 2.79. The first-order chi connectivity index (χ1) is 10.1. The summed E-state index contributed by atoms with van der Waals surface area (Å²) in [6.45, 7) is 4.68. The minimum Gasteiger partial charge on any atom is -0.382 e. The molecule has 1 aliphatic carbocycles. The number of aromatic nitrogens is 2. The van der Waals surface area contributed by atoms with E-state index < -0.39 is 0 Å². The van der Waals surface area contributed by atoms with Crippen molar-refractivity contribution < 1.29 is 0 Å². The summed E-state index contributed by atoms with van der Waals surface area (Å²) in [5.74, 6) is 2.16. The van der Waals surface area contributed by atoms with E-state index >= 15 is 0 Å². The van der Waals surface area contributed by atoms with Gasteiger partial charge in [-0.3, -0.25) is 4.98 Å². The molecule has 2 aromatic rings. The lowest BCUT2D eigenvalue weighted by Gasteiger charge is -2.32. The zero-order valence-electron chi connectivity index (χ0n) is 12.5. The molecule has 0 aliphatic heterocycles. The number of anilines is 2. The molecule has 0 spiro atoms. The zero-order valence-corrected chi connectivity index (χ0v) is 13.4. The highest BCUT2D eigenvalue weighted by molar-refractivity contribution is 7.11. The fraction of sp³-hybridized carbons (Fsp3) is 0.500. The predicted octanol–water partition coefficient (Wildman–Crippen LogP) is 4.02. The Morgan fingerprint density at radius 2 is 1.81 bits per heavy atom. The summed E-state index contributed by atoms with van der Waals surface area (Å²) < 4.78 is 4.33. The van der Waals surface area contributed by atoms with Crippen molar-refractivity contribution >= 4 is 22.4 Å². The first-order valence-electron chi connectivity index (χ1n) is 7.55. The SMILES string of the molecule is CC1CC(C)CC(Nc2snc(N)c2-c2ccncc2)C1. The number of rotatable bonds is 3. The maximum absolute atomic E-state index is 6.07. The van der Waals surface area contributed by atoms with Crippen LogP contribution < -0.4 is 11.1 Å². The molecule has 112 valence electrons. The van der Waals surface area contributed by atoms with Crippen molar-refractivity contribution in [3.05, 3.63) is 24.5 Å². The first-order valence-corrected chi connectivity index (χ1v) is 8.33. The van der Waals surface area contributed by atoms with Crippen LogP contribution in [0.2, 0.25) is 0 Å². The summed E-state index contributed by atoms with van der Waals surface area (Å²) in [6, 6.07) is 4.48. The maximum Gasteiger partial charge on any atom is 0.147 e. The third-order valence-corrected chi connectivity index (χ3v) is 4.99. The zero-order chi connectivity index (χ0) is 14.8. The average molecular weight is 302 g/mol. The molecule has 0 saturated heterocycles. The lowest BCUT2D eigenvalue weighted by Crippen LogP contribution is -2.30. The van der Waals surface area contributed by atoms with Gasteiger partial charge in [-0.25, -0.2) is 0 Å².